The van der Waals surface area contributed by atoms with Crippen molar-refractivity contribution in [1.29, 1.82) is 0 Å². The van der Waals surface area contributed by atoms with Crippen LogP contribution in [0.4, 0.5) is 14.5 Å². The van der Waals surface area contributed by atoms with Gasteiger partial charge < -0.3 is 10.1 Å². The minimum Gasteiger partial charge on any atom is -0.451 e. The summed E-state index contributed by atoms with van der Waals surface area (Å²) in [7, 11) is 0. The summed E-state index contributed by atoms with van der Waals surface area (Å²) < 4.78 is 32.3. The van der Waals surface area contributed by atoms with E-state index in [9.17, 15) is 23.2 Å². The number of hydrogen-bond acceptors (Lipinski definition) is 5. The van der Waals surface area contributed by atoms with Crippen LogP contribution in [0.1, 0.15) is 23.8 Å². The lowest BCUT2D eigenvalue weighted by Gasteiger charge is -2.10. The lowest BCUT2D eigenvalue weighted by molar-refractivity contribution is -0.119. The number of amides is 1. The van der Waals surface area contributed by atoms with Gasteiger partial charge in [-0.25, -0.2) is 18.3 Å². The summed E-state index contributed by atoms with van der Waals surface area (Å²) >= 11 is 0. The van der Waals surface area contributed by atoms with E-state index in [0.717, 1.165) is 12.1 Å². The highest BCUT2D eigenvalue weighted by molar-refractivity contribution is 6.03. The average molecular weight is 401 g/mol. The van der Waals surface area contributed by atoms with Gasteiger partial charge in [-0.15, -0.1) is 0 Å². The summed E-state index contributed by atoms with van der Waals surface area (Å²) in [5.41, 5.74) is -0.394. The number of nitrogens with zero attached hydrogens (tertiary/aromatic N) is 2. The third kappa shape index (κ3) is 4.45. The van der Waals surface area contributed by atoms with E-state index in [4.69, 9.17) is 4.74 Å². The van der Waals surface area contributed by atoms with Crippen LogP contribution in [0.3, 0.4) is 0 Å². The second kappa shape index (κ2) is 8.59. The highest BCUT2D eigenvalue weighted by atomic mass is 19.2. The van der Waals surface area contributed by atoms with Crippen molar-refractivity contribution in [3.63, 3.8) is 0 Å². The molecule has 0 fully saturated rings. The standard InChI is InChI=1S/C20H17F2N3O4/c1-2-9-25-19(27)14-6-4-3-5-13(14)18(24-25)20(28)29-11-17(26)23-12-7-8-15(21)16(22)10-12/h3-8,10H,2,9,11H2,1H3,(H,23,26). The maximum Gasteiger partial charge on any atom is 0.359 e. The molecule has 1 aromatic heterocycles. The Bertz CT molecular complexity index is 1140. The highest BCUT2D eigenvalue weighted by Crippen LogP contribution is 2.15. The van der Waals surface area contributed by atoms with Crippen molar-refractivity contribution in [2.45, 2.75) is 19.9 Å². The van der Waals surface area contributed by atoms with Gasteiger partial charge in [0.1, 0.15) is 0 Å². The number of aromatic nitrogens is 2. The summed E-state index contributed by atoms with van der Waals surface area (Å²) in [6.45, 7) is 1.52. The van der Waals surface area contributed by atoms with Crippen molar-refractivity contribution in [3.05, 3.63) is 70.1 Å². The molecule has 0 saturated carbocycles. The van der Waals surface area contributed by atoms with Crippen LogP contribution in [-0.2, 0) is 16.1 Å². The molecule has 0 saturated heterocycles. The second-order valence-electron chi connectivity index (χ2n) is 6.18. The molecule has 9 heteroatoms. The number of halogens is 2. The Morgan fingerprint density at radius 1 is 1.10 bits per heavy atom. The molecule has 2 aromatic carbocycles. The second-order valence-corrected chi connectivity index (χ2v) is 6.18. The van der Waals surface area contributed by atoms with E-state index in [-0.39, 0.29) is 16.9 Å². The van der Waals surface area contributed by atoms with Crippen LogP contribution in [0.15, 0.2) is 47.3 Å². The SMILES string of the molecule is CCCn1nc(C(=O)OCC(=O)Nc2ccc(F)c(F)c2)c2ccccc2c1=O. The fourth-order valence-corrected chi connectivity index (χ4v) is 2.72. The van der Waals surface area contributed by atoms with Gasteiger partial charge in [0, 0.05) is 23.7 Å². The van der Waals surface area contributed by atoms with Gasteiger partial charge in [0.15, 0.2) is 23.9 Å². The smallest absolute Gasteiger partial charge is 0.359 e. The fraction of sp³-hybridized carbons (Fsp3) is 0.200. The normalized spacial score (nSPS) is 10.7. The third-order valence-corrected chi connectivity index (χ3v) is 4.03. The number of ether oxygens (including phenoxy) is 1. The summed E-state index contributed by atoms with van der Waals surface area (Å²) in [5, 5.41) is 7.01. The number of aryl methyl sites for hydroxylation is 1. The topological polar surface area (TPSA) is 90.3 Å². The molecule has 1 heterocycles. The Morgan fingerprint density at radius 3 is 2.52 bits per heavy atom. The summed E-state index contributed by atoms with van der Waals surface area (Å²) in [5.74, 6) is -3.79. The van der Waals surface area contributed by atoms with Crippen LogP contribution in [-0.4, -0.2) is 28.3 Å². The molecule has 0 aliphatic heterocycles. The van der Waals surface area contributed by atoms with Crippen molar-refractivity contribution < 1.29 is 23.1 Å². The number of anilines is 1. The summed E-state index contributed by atoms with van der Waals surface area (Å²) in [6.07, 6.45) is 0.635. The zero-order chi connectivity index (χ0) is 21.0. The number of carbonyl (C=O) groups is 2. The van der Waals surface area contributed by atoms with Crippen LogP contribution in [0.5, 0.6) is 0 Å². The number of benzene rings is 2. The fourth-order valence-electron chi connectivity index (χ4n) is 2.72. The Kier molecular flexibility index (Phi) is 5.96. The summed E-state index contributed by atoms with van der Waals surface area (Å²) in [4.78, 5) is 36.9. The first kappa shape index (κ1) is 20.1. The first-order valence-corrected chi connectivity index (χ1v) is 8.82. The molecule has 0 atom stereocenters. The first-order chi connectivity index (χ1) is 13.9. The van der Waals surface area contributed by atoms with Crippen molar-refractivity contribution in [1.82, 2.24) is 9.78 Å². The van der Waals surface area contributed by atoms with Gasteiger partial charge in [0.05, 0.1) is 5.39 Å². The zero-order valence-corrected chi connectivity index (χ0v) is 15.4. The minimum atomic E-state index is -1.12. The lowest BCUT2D eigenvalue weighted by Crippen LogP contribution is -2.27. The van der Waals surface area contributed by atoms with Gasteiger partial charge in [-0.3, -0.25) is 9.59 Å². The van der Waals surface area contributed by atoms with Gasteiger partial charge in [0.2, 0.25) is 0 Å². The number of rotatable bonds is 6. The number of carbonyl (C=O) groups excluding carboxylic acids is 2. The number of nitrogens with one attached hydrogen (secondary N) is 1. The molecule has 0 aliphatic carbocycles. The average Bonchev–Trinajstić information content (AvgIpc) is 2.71. The number of hydrogen-bond donors (Lipinski definition) is 1. The molecule has 29 heavy (non-hydrogen) atoms. The van der Waals surface area contributed by atoms with Crippen molar-refractivity contribution in [2.24, 2.45) is 0 Å². The van der Waals surface area contributed by atoms with Crippen molar-refractivity contribution in [2.75, 3.05) is 11.9 Å². The molecular formula is C20H17F2N3O4. The van der Waals surface area contributed by atoms with Crippen LogP contribution >= 0.6 is 0 Å². The molecule has 150 valence electrons. The van der Waals surface area contributed by atoms with Crippen molar-refractivity contribution >= 4 is 28.3 Å². The summed E-state index contributed by atoms with van der Waals surface area (Å²) in [6, 6.07) is 9.32. The number of fused-ring (bicyclic) bond motifs is 1. The minimum absolute atomic E-state index is 0.0185. The lowest BCUT2D eigenvalue weighted by atomic mass is 10.1. The van der Waals surface area contributed by atoms with Crippen molar-refractivity contribution in [3.8, 4) is 0 Å². The van der Waals surface area contributed by atoms with E-state index in [1.165, 1.54) is 10.7 Å². The van der Waals surface area contributed by atoms with E-state index < -0.39 is 30.1 Å². The first-order valence-electron chi connectivity index (χ1n) is 8.82. The van der Waals surface area contributed by atoms with Crippen LogP contribution < -0.4 is 10.9 Å². The van der Waals surface area contributed by atoms with E-state index in [0.29, 0.717) is 23.7 Å². The Hall–Kier alpha value is -3.62. The highest BCUT2D eigenvalue weighted by Gasteiger charge is 2.19. The number of esters is 1. The van der Waals surface area contributed by atoms with E-state index in [2.05, 4.69) is 10.4 Å². The molecule has 0 unspecified atom stereocenters. The van der Waals surface area contributed by atoms with E-state index in [1.54, 1.807) is 24.3 Å². The van der Waals surface area contributed by atoms with Gasteiger partial charge in [0.25, 0.3) is 11.5 Å². The monoisotopic (exact) mass is 401 g/mol. The third-order valence-electron chi connectivity index (χ3n) is 4.03. The molecule has 1 amide bonds. The maximum absolute atomic E-state index is 13.2. The van der Waals surface area contributed by atoms with E-state index in [1.807, 2.05) is 6.92 Å². The Labute approximate surface area is 163 Å². The Morgan fingerprint density at radius 2 is 1.83 bits per heavy atom. The van der Waals surface area contributed by atoms with Crippen LogP contribution in [0.25, 0.3) is 10.8 Å². The molecule has 7 nitrogen and oxygen atoms in total. The molecule has 3 rings (SSSR count). The molecule has 1 N–H and O–H groups in total. The van der Waals surface area contributed by atoms with Gasteiger partial charge in [-0.1, -0.05) is 25.1 Å². The molecular weight excluding hydrogens is 384 g/mol. The molecule has 0 aliphatic rings. The predicted molar refractivity (Wildman–Crippen MR) is 102 cm³/mol. The van der Waals surface area contributed by atoms with Gasteiger partial charge in [-0.05, 0) is 24.6 Å². The van der Waals surface area contributed by atoms with Crippen LogP contribution in [0, 0.1) is 11.6 Å². The van der Waals surface area contributed by atoms with E-state index >= 15 is 0 Å². The van der Waals surface area contributed by atoms with Gasteiger partial charge >= 0.3 is 5.97 Å². The zero-order valence-electron chi connectivity index (χ0n) is 15.4. The van der Waals surface area contributed by atoms with Crippen LogP contribution in [0.2, 0.25) is 0 Å². The largest absolute Gasteiger partial charge is 0.451 e. The maximum atomic E-state index is 13.2. The molecule has 0 radical (unpaired) electrons. The quantitative estimate of drug-likeness (QED) is 0.642. The predicted octanol–water partition coefficient (Wildman–Crippen LogP) is 2.88. The molecule has 3 aromatic rings. The molecule has 0 spiro atoms. The Balaban J connectivity index is 1.77. The van der Waals surface area contributed by atoms with Gasteiger partial charge in [-0.2, -0.15) is 5.10 Å². The molecule has 0 bridgehead atoms.